The maximum absolute atomic E-state index is 11.9. The SMILES string of the molecule is C/C=C\C(C)c1nc(C(=O)OCC)cn1-c1ccc(Cl)cc1.C=CCC.CC. The van der Waals surface area contributed by atoms with Crippen LogP contribution >= 0.6 is 11.6 Å². The first-order valence-electron chi connectivity index (χ1n) is 9.74. The summed E-state index contributed by atoms with van der Waals surface area (Å²) in [5, 5.41) is 0.664. The van der Waals surface area contributed by atoms with Gasteiger partial charge in [0.25, 0.3) is 0 Å². The lowest BCUT2D eigenvalue weighted by Gasteiger charge is -2.10. The van der Waals surface area contributed by atoms with E-state index in [9.17, 15) is 4.79 Å². The van der Waals surface area contributed by atoms with E-state index in [0.29, 0.717) is 17.3 Å². The van der Waals surface area contributed by atoms with Crippen molar-refractivity contribution in [2.24, 2.45) is 0 Å². The molecule has 0 aliphatic rings. The highest BCUT2D eigenvalue weighted by Crippen LogP contribution is 2.22. The van der Waals surface area contributed by atoms with Gasteiger partial charge in [-0.3, -0.25) is 0 Å². The molecule has 1 aromatic heterocycles. The van der Waals surface area contributed by atoms with E-state index in [1.807, 2.05) is 74.8 Å². The molecule has 0 aliphatic heterocycles. The average molecular weight is 405 g/mol. The van der Waals surface area contributed by atoms with Crippen molar-refractivity contribution in [3.05, 3.63) is 71.8 Å². The van der Waals surface area contributed by atoms with E-state index in [1.54, 1.807) is 13.1 Å². The zero-order chi connectivity index (χ0) is 21.5. The van der Waals surface area contributed by atoms with Gasteiger partial charge < -0.3 is 9.30 Å². The van der Waals surface area contributed by atoms with Gasteiger partial charge in [0, 0.05) is 22.8 Å². The molecule has 0 N–H and O–H groups in total. The van der Waals surface area contributed by atoms with Gasteiger partial charge in [-0.25, -0.2) is 9.78 Å². The van der Waals surface area contributed by atoms with E-state index in [1.165, 1.54) is 0 Å². The van der Waals surface area contributed by atoms with E-state index in [4.69, 9.17) is 16.3 Å². The Hall–Kier alpha value is -2.33. The molecule has 0 bridgehead atoms. The van der Waals surface area contributed by atoms with Crippen LogP contribution in [-0.2, 0) is 4.74 Å². The van der Waals surface area contributed by atoms with Crippen molar-refractivity contribution < 1.29 is 9.53 Å². The van der Waals surface area contributed by atoms with Crippen LogP contribution in [0.4, 0.5) is 0 Å². The van der Waals surface area contributed by atoms with Gasteiger partial charge in [-0.1, -0.05) is 57.5 Å². The lowest BCUT2D eigenvalue weighted by Crippen LogP contribution is -2.05. The van der Waals surface area contributed by atoms with Gasteiger partial charge in [0.05, 0.1) is 6.61 Å². The lowest BCUT2D eigenvalue weighted by molar-refractivity contribution is 0.0520. The first-order valence-corrected chi connectivity index (χ1v) is 10.1. The highest BCUT2D eigenvalue weighted by Gasteiger charge is 2.19. The Morgan fingerprint density at radius 1 is 1.29 bits per heavy atom. The van der Waals surface area contributed by atoms with Crippen LogP contribution < -0.4 is 0 Å². The number of ether oxygens (including phenoxy) is 1. The molecule has 154 valence electrons. The molecule has 0 saturated carbocycles. The Labute approximate surface area is 174 Å². The maximum Gasteiger partial charge on any atom is 0.358 e. The second-order valence-corrected chi connectivity index (χ2v) is 6.00. The van der Waals surface area contributed by atoms with Gasteiger partial charge in [0.2, 0.25) is 0 Å². The third-order valence-electron chi connectivity index (χ3n) is 3.50. The number of nitrogens with zero attached hydrogens (tertiary/aromatic N) is 2. The summed E-state index contributed by atoms with van der Waals surface area (Å²) in [6.07, 6.45) is 8.66. The quantitative estimate of drug-likeness (QED) is 0.384. The fourth-order valence-electron chi connectivity index (χ4n) is 2.20. The smallest absolute Gasteiger partial charge is 0.358 e. The lowest BCUT2D eigenvalue weighted by atomic mass is 10.1. The predicted octanol–water partition coefficient (Wildman–Crippen LogP) is 6.99. The van der Waals surface area contributed by atoms with Crippen molar-refractivity contribution >= 4 is 17.6 Å². The number of rotatable bonds is 6. The van der Waals surface area contributed by atoms with E-state index in [-0.39, 0.29) is 5.92 Å². The molecule has 0 saturated heterocycles. The van der Waals surface area contributed by atoms with Crippen LogP contribution in [0, 0.1) is 0 Å². The van der Waals surface area contributed by atoms with E-state index < -0.39 is 5.97 Å². The summed E-state index contributed by atoms with van der Waals surface area (Å²) in [6, 6.07) is 7.41. The fraction of sp³-hybridized carbons (Fsp3) is 0.391. The third kappa shape index (κ3) is 8.13. The van der Waals surface area contributed by atoms with Crippen molar-refractivity contribution in [3.8, 4) is 5.69 Å². The second kappa shape index (κ2) is 14.7. The highest BCUT2D eigenvalue weighted by atomic mass is 35.5. The zero-order valence-electron chi connectivity index (χ0n) is 17.9. The van der Waals surface area contributed by atoms with Gasteiger partial charge in [0.15, 0.2) is 5.69 Å². The molecular weight excluding hydrogens is 372 g/mol. The number of hydrogen-bond donors (Lipinski definition) is 0. The van der Waals surface area contributed by atoms with Crippen molar-refractivity contribution in [2.45, 2.75) is 53.9 Å². The number of carbonyl (C=O) groups is 1. The minimum atomic E-state index is -0.413. The summed E-state index contributed by atoms with van der Waals surface area (Å²) >= 11 is 5.94. The summed E-state index contributed by atoms with van der Waals surface area (Å²) in [5.74, 6) is 0.441. The Morgan fingerprint density at radius 2 is 1.86 bits per heavy atom. The number of carbonyl (C=O) groups excluding carboxylic acids is 1. The Balaban J connectivity index is 0.00000108. The molecule has 0 amide bonds. The fourth-order valence-corrected chi connectivity index (χ4v) is 2.33. The van der Waals surface area contributed by atoms with Gasteiger partial charge >= 0.3 is 5.97 Å². The van der Waals surface area contributed by atoms with Crippen LogP contribution in [-0.4, -0.2) is 22.1 Å². The molecule has 5 heteroatoms. The minimum Gasteiger partial charge on any atom is -0.461 e. The summed E-state index contributed by atoms with van der Waals surface area (Å²) in [5.41, 5.74) is 1.21. The minimum absolute atomic E-state index is 0.0730. The number of hydrogen-bond acceptors (Lipinski definition) is 3. The van der Waals surface area contributed by atoms with Gasteiger partial charge in [0.1, 0.15) is 5.82 Å². The Kier molecular flexibility index (Phi) is 13.5. The van der Waals surface area contributed by atoms with Crippen molar-refractivity contribution in [1.82, 2.24) is 9.55 Å². The first-order chi connectivity index (χ1) is 13.5. The zero-order valence-corrected chi connectivity index (χ0v) is 18.7. The van der Waals surface area contributed by atoms with Crippen LogP contribution in [0.3, 0.4) is 0 Å². The standard InChI is InChI=1S/C17H19ClN2O2.C4H8.C2H6/c1-4-6-12(3)16-19-15(17(21)22-5-2)11-20(16)14-9-7-13(18)8-10-14;1-3-4-2;1-2/h4,6-12H,5H2,1-3H3;3H,1,4H2,2H3;1-2H3/b6-4-;;. The number of esters is 1. The summed E-state index contributed by atoms with van der Waals surface area (Å²) in [4.78, 5) is 16.4. The van der Waals surface area contributed by atoms with Crippen LogP contribution in [0.15, 0.2) is 55.3 Å². The largest absolute Gasteiger partial charge is 0.461 e. The summed E-state index contributed by atoms with van der Waals surface area (Å²) < 4.78 is 6.93. The van der Waals surface area contributed by atoms with E-state index >= 15 is 0 Å². The molecule has 0 spiro atoms. The normalized spacial score (nSPS) is 11.0. The van der Waals surface area contributed by atoms with Crippen LogP contribution in [0.1, 0.15) is 70.2 Å². The Morgan fingerprint density at radius 3 is 2.32 bits per heavy atom. The summed E-state index contributed by atoms with van der Waals surface area (Å²) in [7, 11) is 0. The molecule has 2 aromatic rings. The predicted molar refractivity (Wildman–Crippen MR) is 120 cm³/mol. The highest BCUT2D eigenvalue weighted by molar-refractivity contribution is 6.30. The maximum atomic E-state index is 11.9. The third-order valence-corrected chi connectivity index (χ3v) is 3.75. The molecule has 0 aliphatic carbocycles. The summed E-state index contributed by atoms with van der Waals surface area (Å²) in [6.45, 7) is 15.6. The molecule has 1 atom stereocenters. The molecular formula is C23H33ClN2O2. The van der Waals surface area contributed by atoms with E-state index in [2.05, 4.69) is 18.5 Å². The average Bonchev–Trinajstić information content (AvgIpc) is 3.16. The molecule has 0 fully saturated rings. The molecule has 0 radical (unpaired) electrons. The number of imidazole rings is 1. The van der Waals surface area contributed by atoms with Crippen molar-refractivity contribution in [1.29, 1.82) is 0 Å². The molecule has 28 heavy (non-hydrogen) atoms. The molecule has 4 nitrogen and oxygen atoms in total. The number of aromatic nitrogens is 2. The second-order valence-electron chi connectivity index (χ2n) is 5.56. The van der Waals surface area contributed by atoms with Gasteiger partial charge in [-0.2, -0.15) is 0 Å². The molecule has 2 rings (SSSR count). The van der Waals surface area contributed by atoms with Crippen LogP contribution in [0.25, 0.3) is 5.69 Å². The topological polar surface area (TPSA) is 44.1 Å². The molecule has 1 unspecified atom stereocenters. The van der Waals surface area contributed by atoms with Gasteiger partial charge in [-0.05, 0) is 44.5 Å². The number of allylic oxidation sites excluding steroid dienone is 3. The van der Waals surface area contributed by atoms with Gasteiger partial charge in [-0.15, -0.1) is 6.58 Å². The van der Waals surface area contributed by atoms with Crippen LogP contribution in [0.5, 0.6) is 0 Å². The molecule has 1 aromatic carbocycles. The number of benzene rings is 1. The van der Waals surface area contributed by atoms with Crippen molar-refractivity contribution in [3.63, 3.8) is 0 Å². The van der Waals surface area contributed by atoms with Crippen LogP contribution in [0.2, 0.25) is 5.02 Å². The first kappa shape index (κ1) is 25.7. The van der Waals surface area contributed by atoms with Crippen molar-refractivity contribution in [2.75, 3.05) is 6.61 Å². The Bertz CT molecular complexity index is 734. The number of halogens is 1. The molecule has 1 heterocycles. The monoisotopic (exact) mass is 404 g/mol. The van der Waals surface area contributed by atoms with E-state index in [0.717, 1.165) is 17.9 Å².